The minimum atomic E-state index is 0.153. The summed E-state index contributed by atoms with van der Waals surface area (Å²) in [7, 11) is 0. The third-order valence-corrected chi connectivity index (χ3v) is 2.96. The van der Waals surface area contributed by atoms with Gasteiger partial charge in [0.15, 0.2) is 0 Å². The van der Waals surface area contributed by atoms with E-state index < -0.39 is 0 Å². The molecule has 0 aliphatic carbocycles. The molecule has 78 valence electrons. The molecule has 1 heterocycles. The van der Waals surface area contributed by atoms with Crippen LogP contribution in [0, 0.1) is 11.3 Å². The summed E-state index contributed by atoms with van der Waals surface area (Å²) in [5.41, 5.74) is 7.36. The highest BCUT2D eigenvalue weighted by Crippen LogP contribution is 2.25. The Morgan fingerprint density at radius 2 is 2.07 bits per heavy atom. The number of hydrogen-bond acceptors (Lipinski definition) is 3. The van der Waals surface area contributed by atoms with Gasteiger partial charge in [-0.05, 0) is 5.56 Å². The predicted octanol–water partition coefficient (Wildman–Crippen LogP) is 0.937. The Hall–Kier alpha value is -1.37. The van der Waals surface area contributed by atoms with Crippen molar-refractivity contribution in [3.05, 3.63) is 35.9 Å². The lowest BCUT2D eigenvalue weighted by Crippen LogP contribution is -2.28. The molecule has 0 radical (unpaired) electrons. The van der Waals surface area contributed by atoms with Crippen molar-refractivity contribution in [3.8, 4) is 6.07 Å². The second-order valence-electron chi connectivity index (χ2n) is 4.03. The van der Waals surface area contributed by atoms with E-state index in [2.05, 4.69) is 23.1 Å². The highest BCUT2D eigenvalue weighted by atomic mass is 15.2. The SMILES string of the molecule is N#CCN1CC(N)C(c2ccccc2)C1. The first-order valence-electron chi connectivity index (χ1n) is 5.21. The lowest BCUT2D eigenvalue weighted by molar-refractivity contribution is 0.372. The van der Waals surface area contributed by atoms with Gasteiger partial charge < -0.3 is 5.73 Å². The van der Waals surface area contributed by atoms with Crippen LogP contribution in [0.4, 0.5) is 0 Å². The van der Waals surface area contributed by atoms with Gasteiger partial charge in [0.25, 0.3) is 0 Å². The quantitative estimate of drug-likeness (QED) is 0.724. The van der Waals surface area contributed by atoms with Crippen molar-refractivity contribution in [2.45, 2.75) is 12.0 Å². The van der Waals surface area contributed by atoms with Crippen LogP contribution in [-0.4, -0.2) is 30.6 Å². The summed E-state index contributed by atoms with van der Waals surface area (Å²) in [6.45, 7) is 2.21. The van der Waals surface area contributed by atoms with Crippen LogP contribution in [0.3, 0.4) is 0 Å². The van der Waals surface area contributed by atoms with Crippen LogP contribution in [0.1, 0.15) is 11.5 Å². The number of nitrogens with zero attached hydrogens (tertiary/aromatic N) is 2. The number of likely N-dealkylation sites (tertiary alicyclic amines) is 1. The molecule has 15 heavy (non-hydrogen) atoms. The molecule has 2 rings (SSSR count). The van der Waals surface area contributed by atoms with Gasteiger partial charge in [-0.2, -0.15) is 5.26 Å². The van der Waals surface area contributed by atoms with Crippen LogP contribution in [0.2, 0.25) is 0 Å². The van der Waals surface area contributed by atoms with Crippen molar-refractivity contribution in [2.24, 2.45) is 5.73 Å². The third kappa shape index (κ3) is 2.17. The Labute approximate surface area is 90.1 Å². The fraction of sp³-hybridized carbons (Fsp3) is 0.417. The van der Waals surface area contributed by atoms with E-state index in [-0.39, 0.29) is 6.04 Å². The molecule has 2 unspecified atom stereocenters. The Balaban J connectivity index is 2.09. The molecule has 1 aliphatic rings. The van der Waals surface area contributed by atoms with Gasteiger partial charge in [-0.1, -0.05) is 30.3 Å². The lowest BCUT2D eigenvalue weighted by atomic mass is 9.95. The number of nitrogens with two attached hydrogens (primary N) is 1. The zero-order valence-electron chi connectivity index (χ0n) is 8.63. The lowest BCUT2D eigenvalue weighted by Gasteiger charge is -2.14. The van der Waals surface area contributed by atoms with Crippen molar-refractivity contribution in [3.63, 3.8) is 0 Å². The minimum absolute atomic E-state index is 0.153. The molecule has 1 aliphatic heterocycles. The predicted molar refractivity (Wildman–Crippen MR) is 59.2 cm³/mol. The maximum atomic E-state index is 8.64. The number of hydrogen-bond donors (Lipinski definition) is 1. The van der Waals surface area contributed by atoms with E-state index in [1.807, 2.05) is 18.2 Å². The van der Waals surface area contributed by atoms with E-state index in [9.17, 15) is 0 Å². The molecule has 1 fully saturated rings. The molecular weight excluding hydrogens is 186 g/mol. The second kappa shape index (κ2) is 4.43. The molecule has 1 saturated heterocycles. The van der Waals surface area contributed by atoms with Crippen molar-refractivity contribution in [1.29, 1.82) is 5.26 Å². The van der Waals surface area contributed by atoms with Crippen LogP contribution in [0.25, 0.3) is 0 Å². The Morgan fingerprint density at radius 3 is 2.73 bits per heavy atom. The van der Waals surface area contributed by atoms with Gasteiger partial charge in [0, 0.05) is 25.0 Å². The molecule has 2 atom stereocenters. The fourth-order valence-corrected chi connectivity index (χ4v) is 2.20. The molecular formula is C12H15N3. The first-order chi connectivity index (χ1) is 7.31. The summed E-state index contributed by atoms with van der Waals surface area (Å²) < 4.78 is 0. The van der Waals surface area contributed by atoms with Crippen LogP contribution < -0.4 is 5.73 Å². The van der Waals surface area contributed by atoms with E-state index in [0.29, 0.717) is 12.5 Å². The average molecular weight is 201 g/mol. The average Bonchev–Trinajstić information content (AvgIpc) is 2.61. The molecule has 0 bridgehead atoms. The van der Waals surface area contributed by atoms with Crippen molar-refractivity contribution in [1.82, 2.24) is 4.90 Å². The third-order valence-electron chi connectivity index (χ3n) is 2.96. The Kier molecular flexibility index (Phi) is 3.00. The van der Waals surface area contributed by atoms with E-state index >= 15 is 0 Å². The number of benzene rings is 1. The summed E-state index contributed by atoms with van der Waals surface area (Å²) in [5, 5.41) is 8.64. The van der Waals surface area contributed by atoms with Gasteiger partial charge in [-0.25, -0.2) is 0 Å². The summed E-state index contributed by atoms with van der Waals surface area (Å²) in [5.74, 6) is 0.375. The largest absolute Gasteiger partial charge is 0.326 e. The van der Waals surface area contributed by atoms with Gasteiger partial charge in [-0.15, -0.1) is 0 Å². The Morgan fingerprint density at radius 1 is 1.33 bits per heavy atom. The highest BCUT2D eigenvalue weighted by Gasteiger charge is 2.30. The highest BCUT2D eigenvalue weighted by molar-refractivity contribution is 5.23. The summed E-state index contributed by atoms with van der Waals surface area (Å²) in [6, 6.07) is 12.6. The number of nitriles is 1. The normalized spacial score (nSPS) is 26.4. The molecule has 1 aromatic rings. The smallest absolute Gasteiger partial charge is 0.0866 e. The molecule has 0 spiro atoms. The molecule has 0 aromatic heterocycles. The monoisotopic (exact) mass is 201 g/mol. The van der Waals surface area contributed by atoms with E-state index in [0.717, 1.165) is 13.1 Å². The first-order valence-corrected chi connectivity index (χ1v) is 5.21. The minimum Gasteiger partial charge on any atom is -0.326 e. The van der Waals surface area contributed by atoms with Gasteiger partial charge in [0.1, 0.15) is 0 Å². The van der Waals surface area contributed by atoms with Crippen molar-refractivity contribution >= 4 is 0 Å². The molecule has 0 saturated carbocycles. The van der Waals surface area contributed by atoms with Crippen molar-refractivity contribution in [2.75, 3.05) is 19.6 Å². The zero-order chi connectivity index (χ0) is 10.7. The summed E-state index contributed by atoms with van der Waals surface area (Å²) in [6.07, 6.45) is 0. The van der Waals surface area contributed by atoms with Gasteiger partial charge in [0.2, 0.25) is 0 Å². The topological polar surface area (TPSA) is 53.0 Å². The second-order valence-corrected chi connectivity index (χ2v) is 4.03. The summed E-state index contributed by atoms with van der Waals surface area (Å²) >= 11 is 0. The molecule has 0 amide bonds. The molecule has 3 nitrogen and oxygen atoms in total. The van der Waals surface area contributed by atoms with Crippen molar-refractivity contribution < 1.29 is 0 Å². The Bertz CT molecular complexity index is 355. The number of rotatable bonds is 2. The zero-order valence-corrected chi connectivity index (χ0v) is 8.63. The fourth-order valence-electron chi connectivity index (χ4n) is 2.20. The van der Waals surface area contributed by atoms with Gasteiger partial charge in [-0.3, -0.25) is 4.90 Å². The summed E-state index contributed by atoms with van der Waals surface area (Å²) in [4.78, 5) is 2.11. The molecule has 2 N–H and O–H groups in total. The molecule has 3 heteroatoms. The van der Waals surface area contributed by atoms with E-state index in [1.54, 1.807) is 0 Å². The maximum absolute atomic E-state index is 8.64. The van der Waals surface area contributed by atoms with Crippen LogP contribution in [-0.2, 0) is 0 Å². The first kappa shape index (κ1) is 10.2. The standard InChI is InChI=1S/C12H15N3/c13-6-7-15-8-11(12(14)9-15)10-4-2-1-3-5-10/h1-5,11-12H,7-9,14H2. The molecule has 1 aromatic carbocycles. The van der Waals surface area contributed by atoms with E-state index in [4.69, 9.17) is 11.0 Å². The van der Waals surface area contributed by atoms with Crippen LogP contribution >= 0.6 is 0 Å². The van der Waals surface area contributed by atoms with E-state index in [1.165, 1.54) is 5.56 Å². The van der Waals surface area contributed by atoms with Crippen LogP contribution in [0.5, 0.6) is 0 Å². The van der Waals surface area contributed by atoms with Gasteiger partial charge >= 0.3 is 0 Å². The maximum Gasteiger partial charge on any atom is 0.0866 e. The van der Waals surface area contributed by atoms with Gasteiger partial charge in [0.05, 0.1) is 12.6 Å². The van der Waals surface area contributed by atoms with Crippen LogP contribution in [0.15, 0.2) is 30.3 Å².